The molecule has 1 saturated heterocycles. The van der Waals surface area contributed by atoms with Gasteiger partial charge in [0.1, 0.15) is 0 Å². The number of benzene rings is 1. The van der Waals surface area contributed by atoms with E-state index in [-0.39, 0.29) is 0 Å². The molecule has 0 saturated carbocycles. The third-order valence-electron chi connectivity index (χ3n) is 4.29. The van der Waals surface area contributed by atoms with Crippen molar-refractivity contribution >= 4 is 17.0 Å². The van der Waals surface area contributed by atoms with Crippen LogP contribution in [0.2, 0.25) is 0 Å². The number of anilines is 1. The summed E-state index contributed by atoms with van der Waals surface area (Å²) in [5, 5.41) is 14.0. The Morgan fingerprint density at radius 3 is 2.67 bits per heavy atom. The Morgan fingerprint density at radius 1 is 1.08 bits per heavy atom. The third-order valence-corrected chi connectivity index (χ3v) is 5.15. The lowest BCUT2D eigenvalue weighted by Crippen LogP contribution is -2.38. The van der Waals surface area contributed by atoms with Gasteiger partial charge in [-0.2, -0.15) is 0 Å². The van der Waals surface area contributed by atoms with Gasteiger partial charge in [0.05, 0.1) is 11.4 Å². The second-order valence-corrected chi connectivity index (χ2v) is 6.99. The van der Waals surface area contributed by atoms with E-state index >= 15 is 0 Å². The summed E-state index contributed by atoms with van der Waals surface area (Å²) in [4.78, 5) is 3.41. The minimum absolute atomic E-state index is 0.535. The van der Waals surface area contributed by atoms with E-state index in [9.17, 15) is 0 Å². The highest BCUT2D eigenvalue weighted by atomic mass is 32.1. The number of para-hydroxylation sites is 1. The van der Waals surface area contributed by atoms with Gasteiger partial charge in [-0.05, 0) is 36.4 Å². The van der Waals surface area contributed by atoms with Crippen molar-refractivity contribution in [3.8, 4) is 10.8 Å². The highest BCUT2D eigenvalue weighted by molar-refractivity contribution is 7.13. The number of piperidine rings is 1. The Morgan fingerprint density at radius 2 is 1.92 bits per heavy atom. The molecule has 0 radical (unpaired) electrons. The Bertz CT molecular complexity index is 748. The van der Waals surface area contributed by atoms with Gasteiger partial charge in [-0.3, -0.25) is 4.90 Å². The minimum Gasteiger partial charge on any atom is -0.419 e. The van der Waals surface area contributed by atoms with Gasteiger partial charge in [-0.15, -0.1) is 21.5 Å². The van der Waals surface area contributed by atoms with Gasteiger partial charge in [-0.1, -0.05) is 24.3 Å². The van der Waals surface area contributed by atoms with Crippen LogP contribution in [0.3, 0.4) is 0 Å². The van der Waals surface area contributed by atoms with Crippen LogP contribution >= 0.6 is 11.3 Å². The van der Waals surface area contributed by atoms with E-state index in [1.54, 1.807) is 11.3 Å². The standard InChI is InChI=1S/C18H20N4OS/c1-2-5-14(6-3-1)19-15-8-10-22(11-9-15)13-17-20-21-18(23-17)16-7-4-12-24-16/h1-7,12,15,19H,8-11,13H2. The Hall–Kier alpha value is -2.18. The molecule has 0 unspecified atom stereocenters. The van der Waals surface area contributed by atoms with Gasteiger partial charge in [-0.25, -0.2) is 0 Å². The van der Waals surface area contributed by atoms with Crippen LogP contribution in [0, 0.1) is 0 Å². The summed E-state index contributed by atoms with van der Waals surface area (Å²) in [5.74, 6) is 1.33. The summed E-state index contributed by atoms with van der Waals surface area (Å²) >= 11 is 1.62. The van der Waals surface area contributed by atoms with Crippen molar-refractivity contribution in [1.82, 2.24) is 15.1 Å². The van der Waals surface area contributed by atoms with E-state index in [1.807, 2.05) is 23.6 Å². The van der Waals surface area contributed by atoms with Crippen molar-refractivity contribution in [2.75, 3.05) is 18.4 Å². The number of rotatable bonds is 5. The van der Waals surface area contributed by atoms with Gasteiger partial charge in [0.2, 0.25) is 5.89 Å². The molecular weight excluding hydrogens is 320 g/mol. The topological polar surface area (TPSA) is 54.2 Å². The largest absolute Gasteiger partial charge is 0.419 e. The van der Waals surface area contributed by atoms with Crippen LogP contribution in [-0.2, 0) is 6.54 Å². The lowest BCUT2D eigenvalue weighted by Gasteiger charge is -2.31. The number of nitrogens with zero attached hydrogens (tertiary/aromatic N) is 3. The molecule has 2 aromatic heterocycles. The first-order valence-electron chi connectivity index (χ1n) is 8.27. The molecule has 1 N–H and O–H groups in total. The average Bonchev–Trinajstić information content (AvgIpc) is 3.29. The quantitative estimate of drug-likeness (QED) is 0.764. The fourth-order valence-electron chi connectivity index (χ4n) is 3.01. The SMILES string of the molecule is c1ccc(NC2CCN(Cc3nnc(-c4cccs4)o3)CC2)cc1. The zero-order chi connectivity index (χ0) is 16.2. The van der Waals surface area contributed by atoms with Gasteiger partial charge < -0.3 is 9.73 Å². The van der Waals surface area contributed by atoms with E-state index < -0.39 is 0 Å². The maximum atomic E-state index is 5.78. The van der Waals surface area contributed by atoms with Crippen LogP contribution in [0.25, 0.3) is 10.8 Å². The van der Waals surface area contributed by atoms with Crippen LogP contribution < -0.4 is 5.32 Å². The number of aromatic nitrogens is 2. The molecule has 6 heteroatoms. The average molecular weight is 340 g/mol. The Kier molecular flexibility index (Phi) is 4.57. The third kappa shape index (κ3) is 3.66. The molecule has 3 heterocycles. The van der Waals surface area contributed by atoms with E-state index in [0.717, 1.165) is 37.4 Å². The maximum Gasteiger partial charge on any atom is 0.257 e. The van der Waals surface area contributed by atoms with Crippen LogP contribution in [-0.4, -0.2) is 34.2 Å². The zero-order valence-electron chi connectivity index (χ0n) is 13.4. The van der Waals surface area contributed by atoms with E-state index in [1.165, 1.54) is 5.69 Å². The van der Waals surface area contributed by atoms with Gasteiger partial charge in [0, 0.05) is 24.8 Å². The van der Waals surface area contributed by atoms with Crippen LogP contribution in [0.5, 0.6) is 0 Å². The van der Waals surface area contributed by atoms with Crippen molar-refractivity contribution in [3.05, 3.63) is 53.7 Å². The summed E-state index contributed by atoms with van der Waals surface area (Å²) in [5.41, 5.74) is 1.20. The van der Waals surface area contributed by atoms with E-state index in [2.05, 4.69) is 44.7 Å². The first-order chi connectivity index (χ1) is 11.9. The molecule has 0 bridgehead atoms. The zero-order valence-corrected chi connectivity index (χ0v) is 14.2. The predicted molar refractivity (Wildman–Crippen MR) is 96.0 cm³/mol. The number of nitrogens with one attached hydrogen (secondary N) is 1. The normalized spacial score (nSPS) is 16.3. The van der Waals surface area contributed by atoms with Crippen molar-refractivity contribution in [3.63, 3.8) is 0 Å². The first-order valence-corrected chi connectivity index (χ1v) is 9.15. The van der Waals surface area contributed by atoms with Crippen molar-refractivity contribution in [2.45, 2.75) is 25.4 Å². The monoisotopic (exact) mass is 340 g/mol. The molecule has 1 fully saturated rings. The van der Waals surface area contributed by atoms with Gasteiger partial charge in [0.25, 0.3) is 5.89 Å². The smallest absolute Gasteiger partial charge is 0.257 e. The highest BCUT2D eigenvalue weighted by Gasteiger charge is 2.21. The fraction of sp³-hybridized carbons (Fsp3) is 0.333. The Labute approximate surface area is 145 Å². The van der Waals surface area contributed by atoms with Crippen molar-refractivity contribution in [1.29, 1.82) is 0 Å². The molecule has 0 spiro atoms. The number of hydrogen-bond donors (Lipinski definition) is 1. The summed E-state index contributed by atoms with van der Waals surface area (Å²) in [6.07, 6.45) is 2.25. The number of hydrogen-bond acceptors (Lipinski definition) is 6. The highest BCUT2D eigenvalue weighted by Crippen LogP contribution is 2.24. The van der Waals surface area contributed by atoms with E-state index in [0.29, 0.717) is 17.8 Å². The van der Waals surface area contributed by atoms with Gasteiger partial charge in [0.15, 0.2) is 0 Å². The summed E-state index contributed by atoms with van der Waals surface area (Å²) in [7, 11) is 0. The summed E-state index contributed by atoms with van der Waals surface area (Å²) in [6.45, 7) is 2.82. The lowest BCUT2D eigenvalue weighted by atomic mass is 10.0. The lowest BCUT2D eigenvalue weighted by molar-refractivity contribution is 0.194. The molecule has 0 aliphatic carbocycles. The molecular formula is C18H20N4OS. The number of likely N-dealkylation sites (tertiary alicyclic amines) is 1. The second-order valence-electron chi connectivity index (χ2n) is 6.04. The van der Waals surface area contributed by atoms with Crippen LogP contribution in [0.4, 0.5) is 5.69 Å². The Balaban J connectivity index is 1.29. The first kappa shape index (κ1) is 15.4. The maximum absolute atomic E-state index is 5.78. The van der Waals surface area contributed by atoms with Crippen LogP contribution in [0.1, 0.15) is 18.7 Å². The molecule has 1 aromatic carbocycles. The van der Waals surface area contributed by atoms with Crippen molar-refractivity contribution < 1.29 is 4.42 Å². The second kappa shape index (κ2) is 7.15. The van der Waals surface area contributed by atoms with E-state index in [4.69, 9.17) is 4.42 Å². The summed E-state index contributed by atoms with van der Waals surface area (Å²) in [6, 6.07) is 15.0. The molecule has 3 aromatic rings. The minimum atomic E-state index is 0.535. The molecule has 5 nitrogen and oxygen atoms in total. The molecule has 4 rings (SSSR count). The molecule has 24 heavy (non-hydrogen) atoms. The molecule has 124 valence electrons. The predicted octanol–water partition coefficient (Wildman–Crippen LogP) is 3.87. The molecule has 1 aliphatic heterocycles. The number of thiophene rings is 1. The summed E-state index contributed by atoms with van der Waals surface area (Å²) < 4.78 is 5.78. The van der Waals surface area contributed by atoms with Crippen molar-refractivity contribution in [2.24, 2.45) is 0 Å². The molecule has 0 amide bonds. The van der Waals surface area contributed by atoms with Gasteiger partial charge >= 0.3 is 0 Å². The fourth-order valence-corrected chi connectivity index (χ4v) is 3.66. The van der Waals surface area contributed by atoms with Crippen LogP contribution in [0.15, 0.2) is 52.3 Å². The molecule has 0 atom stereocenters. The molecule has 1 aliphatic rings.